The van der Waals surface area contributed by atoms with Gasteiger partial charge in [-0.3, -0.25) is 9.59 Å². The molecule has 0 amide bonds. The van der Waals surface area contributed by atoms with E-state index in [9.17, 15) is 19.8 Å². The zero-order valence-corrected chi connectivity index (χ0v) is 26.8. The van der Waals surface area contributed by atoms with Crippen molar-refractivity contribution in [2.75, 3.05) is 0 Å². The van der Waals surface area contributed by atoms with E-state index < -0.39 is 11.9 Å². The molecule has 4 aromatic rings. The SMILES string of the molecule is C=Cc1c2[n-]c(c1C)/C=c1\[n-]/c(c(C)c1C=C)=C\c1[n-]c(c(CCC(=O)O)c1C)/C=c1\[n-]/c(c(C)c1CCC(=O)O)=C\2.[Pt+4]. The maximum atomic E-state index is 11.5. The summed E-state index contributed by atoms with van der Waals surface area (Å²) >= 11 is 0. The average Bonchev–Trinajstić information content (AvgIpc) is 3.59. The first-order valence-electron chi connectivity index (χ1n) is 13.8. The van der Waals surface area contributed by atoms with E-state index in [1.54, 1.807) is 12.2 Å². The van der Waals surface area contributed by atoms with Gasteiger partial charge in [0.15, 0.2) is 0 Å². The summed E-state index contributed by atoms with van der Waals surface area (Å²) in [6.45, 7) is 15.9. The first kappa shape index (κ1) is 31.6. The van der Waals surface area contributed by atoms with Crippen molar-refractivity contribution in [2.45, 2.75) is 53.4 Å². The van der Waals surface area contributed by atoms with E-state index >= 15 is 0 Å². The van der Waals surface area contributed by atoms with Crippen molar-refractivity contribution >= 4 is 48.4 Å². The van der Waals surface area contributed by atoms with Gasteiger partial charge in [0.1, 0.15) is 0 Å². The third-order valence-electron chi connectivity index (χ3n) is 8.06. The van der Waals surface area contributed by atoms with Crippen LogP contribution in [0.3, 0.4) is 0 Å². The van der Waals surface area contributed by atoms with E-state index in [0.717, 1.165) is 60.9 Å². The third kappa shape index (κ3) is 5.97. The molecule has 0 saturated carbocycles. The van der Waals surface area contributed by atoms with E-state index in [-0.39, 0.29) is 33.9 Å². The number of rotatable bonds is 8. The zero-order valence-electron chi connectivity index (χ0n) is 24.5. The fourth-order valence-electron chi connectivity index (χ4n) is 5.61. The second-order valence-electron chi connectivity index (χ2n) is 10.6. The average molecular weight is 756 g/mol. The standard InChI is InChI=1S/C34H32N4O4.Pt/c1-7-21-17(3)25-13-26-19(5)23(9-11-33(39)40)31(37-26)16-32-24(10-12-34(41)42)20(6)28(38-32)15-30-22(8-2)18(4)27(36-30)14-29(21)35-25;/h7-8,13-16H,1-2,9-12H2,3-6H3,(H,39,40)(H,41,42);/q-4;+4/b25-13-,26-13?,27-14?,28-15-,29-14-,30-15?,31-16?,32-16-;. The van der Waals surface area contributed by atoms with Crippen LogP contribution in [0.15, 0.2) is 13.2 Å². The fourth-order valence-corrected chi connectivity index (χ4v) is 5.61. The summed E-state index contributed by atoms with van der Waals surface area (Å²) in [5, 5.41) is 21.7. The molecule has 0 saturated heterocycles. The number of carbonyl (C=O) groups is 2. The van der Waals surface area contributed by atoms with Gasteiger partial charge < -0.3 is 30.1 Å². The number of nitrogens with zero attached hydrogens (tertiary/aromatic N) is 4. The van der Waals surface area contributed by atoms with Crippen molar-refractivity contribution in [3.05, 3.63) is 102 Å². The number of fused-ring (bicyclic) bond motifs is 8. The third-order valence-corrected chi connectivity index (χ3v) is 8.06. The number of carboxylic acid groups (broad SMARTS) is 2. The molecule has 1 aliphatic heterocycles. The predicted molar refractivity (Wildman–Crippen MR) is 163 cm³/mol. The summed E-state index contributed by atoms with van der Waals surface area (Å²) < 4.78 is 0. The van der Waals surface area contributed by atoms with Crippen molar-refractivity contribution in [3.63, 3.8) is 0 Å². The van der Waals surface area contributed by atoms with Crippen LogP contribution < -0.4 is 41.3 Å². The molecule has 5 heterocycles. The van der Waals surface area contributed by atoms with Gasteiger partial charge in [-0.25, -0.2) is 0 Å². The van der Waals surface area contributed by atoms with Gasteiger partial charge in [-0.1, -0.05) is 83.0 Å². The molecule has 0 unspecified atom stereocenters. The number of carboxylic acids is 2. The molecule has 9 heteroatoms. The van der Waals surface area contributed by atoms with E-state index in [1.165, 1.54) is 0 Å². The van der Waals surface area contributed by atoms with Crippen LogP contribution in [0.25, 0.3) is 36.5 Å². The van der Waals surface area contributed by atoms with Gasteiger partial charge in [0.05, 0.1) is 0 Å². The van der Waals surface area contributed by atoms with Gasteiger partial charge in [0.2, 0.25) is 0 Å². The molecular weight excluding hydrogens is 723 g/mol. The van der Waals surface area contributed by atoms with E-state index in [1.807, 2.05) is 52.0 Å². The normalized spacial score (nSPS) is 15.0. The topological polar surface area (TPSA) is 131 Å². The minimum atomic E-state index is -0.898. The van der Waals surface area contributed by atoms with Gasteiger partial charge in [0, 0.05) is 12.8 Å². The smallest absolute Gasteiger partial charge is 0.657 e. The molecule has 222 valence electrons. The van der Waals surface area contributed by atoms with Crippen LogP contribution in [0, 0.1) is 27.7 Å². The first-order valence-corrected chi connectivity index (χ1v) is 13.8. The number of hydrogen-bond donors (Lipinski definition) is 2. The van der Waals surface area contributed by atoms with Crippen LogP contribution in [-0.2, 0) is 43.5 Å². The molecule has 8 bridgehead atoms. The maximum absolute atomic E-state index is 11.5. The second kappa shape index (κ2) is 12.5. The van der Waals surface area contributed by atoms with Gasteiger partial charge in [-0.05, 0) is 51.7 Å². The Bertz CT molecular complexity index is 2030. The second-order valence-corrected chi connectivity index (χ2v) is 10.6. The molecule has 8 nitrogen and oxygen atoms in total. The first-order chi connectivity index (χ1) is 20.0. The quantitative estimate of drug-likeness (QED) is 0.245. The van der Waals surface area contributed by atoms with Gasteiger partial charge in [0.25, 0.3) is 0 Å². The zero-order chi connectivity index (χ0) is 30.3. The van der Waals surface area contributed by atoms with Gasteiger partial charge >= 0.3 is 33.0 Å². The van der Waals surface area contributed by atoms with E-state index in [2.05, 4.69) is 13.2 Å². The van der Waals surface area contributed by atoms with Gasteiger partial charge in [-0.15, -0.1) is 44.2 Å². The Morgan fingerprint density at radius 3 is 1.72 bits per heavy atom. The maximum Gasteiger partial charge on any atom is 4.00 e. The van der Waals surface area contributed by atoms with Crippen molar-refractivity contribution in [2.24, 2.45) is 0 Å². The number of aliphatic carboxylic acids is 2. The summed E-state index contributed by atoms with van der Waals surface area (Å²) in [6.07, 6.45) is 11.7. The largest absolute Gasteiger partial charge is 4.00 e. The Labute approximate surface area is 263 Å². The minimum Gasteiger partial charge on any atom is -0.657 e. The number of hydrogen-bond acceptors (Lipinski definition) is 2. The monoisotopic (exact) mass is 755 g/mol. The van der Waals surface area contributed by atoms with E-state index in [4.69, 9.17) is 19.9 Å². The Morgan fingerprint density at radius 2 is 1.09 bits per heavy atom. The van der Waals surface area contributed by atoms with Crippen molar-refractivity contribution in [3.8, 4) is 0 Å². The molecular formula is C34H32N4O4Pt. The van der Waals surface area contributed by atoms with E-state index in [0.29, 0.717) is 40.6 Å². The molecule has 0 aromatic carbocycles. The van der Waals surface area contributed by atoms with Crippen LogP contribution in [0.4, 0.5) is 0 Å². The fraction of sp³-hybridized carbons (Fsp3) is 0.235. The molecule has 2 N–H and O–H groups in total. The molecule has 0 aliphatic carbocycles. The van der Waals surface area contributed by atoms with Crippen molar-refractivity contribution in [1.82, 2.24) is 19.9 Å². The van der Waals surface area contributed by atoms with Gasteiger partial charge in [-0.2, -0.15) is 0 Å². The Kier molecular flexibility index (Phi) is 9.21. The molecule has 0 spiro atoms. The van der Waals surface area contributed by atoms with Crippen LogP contribution in [-0.4, -0.2) is 22.2 Å². The predicted octanol–water partition coefficient (Wildman–Crippen LogP) is 1.70. The van der Waals surface area contributed by atoms with Crippen LogP contribution in [0.2, 0.25) is 0 Å². The molecule has 43 heavy (non-hydrogen) atoms. The summed E-state index contributed by atoms with van der Waals surface area (Å²) in [4.78, 5) is 42.7. The van der Waals surface area contributed by atoms with Crippen LogP contribution >= 0.6 is 0 Å². The van der Waals surface area contributed by atoms with Crippen molar-refractivity contribution in [1.29, 1.82) is 0 Å². The van der Waals surface area contributed by atoms with Crippen molar-refractivity contribution < 1.29 is 40.9 Å². The summed E-state index contributed by atoms with van der Waals surface area (Å²) in [6, 6.07) is 0. The molecule has 5 rings (SSSR count). The Balaban J connectivity index is 0.00000423. The summed E-state index contributed by atoms with van der Waals surface area (Å²) in [5.41, 5.74) is 9.84. The molecule has 0 radical (unpaired) electrons. The molecule has 4 aromatic heterocycles. The Hall–Kier alpha value is -4.29. The van der Waals surface area contributed by atoms with Crippen LogP contribution in [0.5, 0.6) is 0 Å². The minimum absolute atomic E-state index is 0. The Morgan fingerprint density at radius 1 is 0.605 bits per heavy atom. The molecule has 0 atom stereocenters. The molecule has 0 fully saturated rings. The molecule has 1 aliphatic rings. The summed E-state index contributed by atoms with van der Waals surface area (Å²) in [5.74, 6) is -1.80. The number of aromatic nitrogens is 4. The summed E-state index contributed by atoms with van der Waals surface area (Å²) in [7, 11) is 0. The van der Waals surface area contributed by atoms with Crippen LogP contribution in [0.1, 0.15) is 80.1 Å².